The standard InChI is InChI=1S/C16H17FN2O3S/c1-12-6-8-13(9-7-12)23(21,22)18-11-10-16(20)19-15-5-3-2-4-14(15)17/h2-9,18H,10-11H2,1H3,(H,19,20). The van der Waals surface area contributed by atoms with Crippen LogP contribution in [0.5, 0.6) is 0 Å². The number of hydrogen-bond donors (Lipinski definition) is 2. The van der Waals surface area contributed by atoms with E-state index in [1.54, 1.807) is 18.2 Å². The van der Waals surface area contributed by atoms with Gasteiger partial charge in [0.15, 0.2) is 0 Å². The van der Waals surface area contributed by atoms with Gasteiger partial charge in [-0.3, -0.25) is 4.79 Å². The van der Waals surface area contributed by atoms with Gasteiger partial charge < -0.3 is 5.32 Å². The van der Waals surface area contributed by atoms with Crippen LogP contribution in [0, 0.1) is 12.7 Å². The van der Waals surface area contributed by atoms with Gasteiger partial charge >= 0.3 is 0 Å². The average Bonchev–Trinajstić information content (AvgIpc) is 2.50. The minimum absolute atomic E-state index is 0.0684. The predicted octanol–water partition coefficient (Wildman–Crippen LogP) is 2.44. The highest BCUT2D eigenvalue weighted by Gasteiger charge is 2.14. The summed E-state index contributed by atoms with van der Waals surface area (Å²) in [5.74, 6) is -1.01. The van der Waals surface area contributed by atoms with Gasteiger partial charge in [0.1, 0.15) is 5.82 Å². The van der Waals surface area contributed by atoms with Gasteiger partial charge in [0.05, 0.1) is 10.6 Å². The van der Waals surface area contributed by atoms with Gasteiger partial charge in [-0.25, -0.2) is 17.5 Å². The molecule has 0 atom stereocenters. The average molecular weight is 336 g/mol. The number of rotatable bonds is 6. The maximum atomic E-state index is 13.4. The zero-order valence-electron chi connectivity index (χ0n) is 12.5. The molecule has 2 aromatic carbocycles. The third kappa shape index (κ3) is 4.87. The van der Waals surface area contributed by atoms with Crippen LogP contribution in [0.25, 0.3) is 0 Å². The molecule has 2 aromatic rings. The number of sulfonamides is 1. The lowest BCUT2D eigenvalue weighted by Gasteiger charge is -2.08. The van der Waals surface area contributed by atoms with Gasteiger partial charge in [0, 0.05) is 13.0 Å². The molecule has 0 saturated carbocycles. The van der Waals surface area contributed by atoms with Crippen LogP contribution in [0.1, 0.15) is 12.0 Å². The summed E-state index contributed by atoms with van der Waals surface area (Å²) in [5.41, 5.74) is 1.02. The zero-order chi connectivity index (χ0) is 16.9. The molecule has 0 saturated heterocycles. The molecule has 5 nitrogen and oxygen atoms in total. The quantitative estimate of drug-likeness (QED) is 0.851. The van der Waals surface area contributed by atoms with E-state index < -0.39 is 21.7 Å². The highest BCUT2D eigenvalue weighted by atomic mass is 32.2. The second kappa shape index (κ2) is 7.34. The van der Waals surface area contributed by atoms with Crippen molar-refractivity contribution in [3.05, 3.63) is 59.9 Å². The summed E-state index contributed by atoms with van der Waals surface area (Å²) in [7, 11) is -3.66. The maximum Gasteiger partial charge on any atom is 0.240 e. The Kier molecular flexibility index (Phi) is 5.46. The van der Waals surface area contributed by atoms with Gasteiger partial charge in [-0.05, 0) is 31.2 Å². The number of anilines is 1. The van der Waals surface area contributed by atoms with Gasteiger partial charge in [0.25, 0.3) is 0 Å². The van der Waals surface area contributed by atoms with Crippen LogP contribution in [0.15, 0.2) is 53.4 Å². The molecule has 2 rings (SSSR count). The highest BCUT2D eigenvalue weighted by molar-refractivity contribution is 7.89. The maximum absolute atomic E-state index is 13.4. The molecule has 0 aliphatic carbocycles. The van der Waals surface area contributed by atoms with Crippen molar-refractivity contribution in [1.29, 1.82) is 0 Å². The molecule has 0 aliphatic heterocycles. The van der Waals surface area contributed by atoms with Crippen LogP contribution in [0.3, 0.4) is 0 Å². The van der Waals surface area contributed by atoms with Crippen LogP contribution in [0.2, 0.25) is 0 Å². The fourth-order valence-electron chi connectivity index (χ4n) is 1.87. The number of amides is 1. The normalized spacial score (nSPS) is 11.2. The lowest BCUT2D eigenvalue weighted by Crippen LogP contribution is -2.28. The van der Waals surface area contributed by atoms with Crippen molar-refractivity contribution in [3.8, 4) is 0 Å². The Morgan fingerprint density at radius 2 is 1.74 bits per heavy atom. The molecular weight excluding hydrogens is 319 g/mol. The first kappa shape index (κ1) is 17.1. The third-order valence-corrected chi connectivity index (χ3v) is 4.60. The number of aryl methyl sites for hydroxylation is 1. The van der Waals surface area contributed by atoms with E-state index in [1.807, 2.05) is 6.92 Å². The van der Waals surface area contributed by atoms with Crippen molar-refractivity contribution < 1.29 is 17.6 Å². The van der Waals surface area contributed by atoms with Crippen LogP contribution in [-0.4, -0.2) is 20.9 Å². The van der Waals surface area contributed by atoms with Crippen molar-refractivity contribution in [2.45, 2.75) is 18.2 Å². The summed E-state index contributed by atoms with van der Waals surface area (Å²) < 4.78 is 39.8. The molecule has 1 amide bonds. The van der Waals surface area contributed by atoms with E-state index in [2.05, 4.69) is 10.0 Å². The monoisotopic (exact) mass is 336 g/mol. The minimum atomic E-state index is -3.66. The van der Waals surface area contributed by atoms with Gasteiger partial charge in [-0.2, -0.15) is 0 Å². The molecule has 2 N–H and O–H groups in total. The van der Waals surface area contributed by atoms with Crippen molar-refractivity contribution in [3.63, 3.8) is 0 Å². The van der Waals surface area contributed by atoms with Crippen molar-refractivity contribution >= 4 is 21.6 Å². The summed E-state index contributed by atoms with van der Waals surface area (Å²) >= 11 is 0. The van der Waals surface area contributed by atoms with Crippen molar-refractivity contribution in [2.75, 3.05) is 11.9 Å². The summed E-state index contributed by atoms with van der Waals surface area (Å²) in [4.78, 5) is 11.9. The fourth-order valence-corrected chi connectivity index (χ4v) is 2.91. The van der Waals surface area contributed by atoms with Gasteiger partial charge in [-0.1, -0.05) is 29.8 Å². The summed E-state index contributed by atoms with van der Waals surface area (Å²) in [6.07, 6.45) is -0.0978. The number of hydrogen-bond acceptors (Lipinski definition) is 3. The summed E-state index contributed by atoms with van der Waals surface area (Å²) in [6.45, 7) is 1.79. The zero-order valence-corrected chi connectivity index (χ0v) is 13.4. The molecule has 7 heteroatoms. The third-order valence-electron chi connectivity index (χ3n) is 3.12. The van der Waals surface area contributed by atoms with Crippen LogP contribution >= 0.6 is 0 Å². The topological polar surface area (TPSA) is 75.3 Å². The van der Waals surface area contributed by atoms with E-state index in [0.717, 1.165) is 5.56 Å². The van der Waals surface area contributed by atoms with Crippen LogP contribution < -0.4 is 10.0 Å². The van der Waals surface area contributed by atoms with Gasteiger partial charge in [0.2, 0.25) is 15.9 Å². The Hall–Kier alpha value is -2.25. The summed E-state index contributed by atoms with van der Waals surface area (Å²) in [6, 6.07) is 12.2. The van der Waals surface area contributed by atoms with Crippen molar-refractivity contribution in [1.82, 2.24) is 4.72 Å². The van der Waals surface area contributed by atoms with Crippen molar-refractivity contribution in [2.24, 2.45) is 0 Å². The Balaban J connectivity index is 1.88. The molecule has 0 fully saturated rings. The molecule has 122 valence electrons. The largest absolute Gasteiger partial charge is 0.324 e. The second-order valence-corrected chi connectivity index (χ2v) is 6.76. The van der Waals surface area contributed by atoms with Crippen LogP contribution in [-0.2, 0) is 14.8 Å². The molecule has 0 bridgehead atoms. The first-order chi connectivity index (χ1) is 10.9. The van der Waals surface area contributed by atoms with E-state index in [-0.39, 0.29) is 23.5 Å². The highest BCUT2D eigenvalue weighted by Crippen LogP contribution is 2.13. The smallest absolute Gasteiger partial charge is 0.240 e. The number of halogens is 1. The summed E-state index contributed by atoms with van der Waals surface area (Å²) in [5, 5.41) is 2.39. The number of para-hydroxylation sites is 1. The van der Waals surface area contributed by atoms with E-state index in [9.17, 15) is 17.6 Å². The van der Waals surface area contributed by atoms with E-state index in [4.69, 9.17) is 0 Å². The first-order valence-electron chi connectivity index (χ1n) is 6.99. The second-order valence-electron chi connectivity index (χ2n) is 4.99. The van der Waals surface area contributed by atoms with E-state index in [1.165, 1.54) is 30.3 Å². The Morgan fingerprint density at radius 1 is 1.09 bits per heavy atom. The molecular formula is C16H17FN2O3S. The lowest BCUT2D eigenvalue weighted by atomic mass is 10.2. The molecule has 0 radical (unpaired) electrons. The first-order valence-corrected chi connectivity index (χ1v) is 8.47. The number of nitrogens with one attached hydrogen (secondary N) is 2. The lowest BCUT2D eigenvalue weighted by molar-refractivity contribution is -0.116. The number of carbonyl (C=O) groups is 1. The minimum Gasteiger partial charge on any atom is -0.324 e. The van der Waals surface area contributed by atoms with E-state index >= 15 is 0 Å². The molecule has 0 heterocycles. The molecule has 0 unspecified atom stereocenters. The molecule has 0 spiro atoms. The number of benzene rings is 2. The predicted molar refractivity (Wildman–Crippen MR) is 86.0 cm³/mol. The molecule has 0 aromatic heterocycles. The Morgan fingerprint density at radius 3 is 2.39 bits per heavy atom. The van der Waals surface area contributed by atoms with E-state index in [0.29, 0.717) is 0 Å². The van der Waals surface area contributed by atoms with Crippen LogP contribution in [0.4, 0.5) is 10.1 Å². The SMILES string of the molecule is Cc1ccc(S(=O)(=O)NCCC(=O)Nc2ccccc2F)cc1. The fraction of sp³-hybridized carbons (Fsp3) is 0.188. The molecule has 23 heavy (non-hydrogen) atoms. The molecule has 0 aliphatic rings. The Bertz CT molecular complexity index is 789. The van der Waals surface area contributed by atoms with Gasteiger partial charge in [-0.15, -0.1) is 0 Å². The Labute approximate surface area is 134 Å². The number of carbonyl (C=O) groups excluding carboxylic acids is 1.